The Morgan fingerprint density at radius 3 is 2.45 bits per heavy atom. The van der Waals surface area contributed by atoms with E-state index in [0.29, 0.717) is 21.8 Å². The fourth-order valence-corrected chi connectivity index (χ4v) is 5.99. The number of likely N-dealkylation sites (tertiary alicyclic amines) is 1. The van der Waals surface area contributed by atoms with Crippen LogP contribution in [0.3, 0.4) is 0 Å². The Balaban J connectivity index is 1.51. The molecule has 3 N–H and O–H groups in total. The van der Waals surface area contributed by atoms with Crippen molar-refractivity contribution in [3.63, 3.8) is 0 Å². The zero-order valence-corrected chi connectivity index (χ0v) is 24.5. The van der Waals surface area contributed by atoms with Crippen molar-refractivity contribution in [2.45, 2.75) is 51.1 Å². The lowest BCUT2D eigenvalue weighted by Crippen LogP contribution is -2.49. The van der Waals surface area contributed by atoms with E-state index in [9.17, 15) is 27.9 Å². The summed E-state index contributed by atoms with van der Waals surface area (Å²) in [4.78, 5) is 37.1. The molecule has 0 bridgehead atoms. The number of nitrogens with zero attached hydrogens (tertiary/aromatic N) is 4. The van der Waals surface area contributed by atoms with Crippen LogP contribution in [0.5, 0.6) is 0 Å². The number of ether oxygens (including phenoxy) is 1. The number of rotatable bonds is 9. The van der Waals surface area contributed by atoms with Crippen molar-refractivity contribution in [2.75, 3.05) is 39.2 Å². The van der Waals surface area contributed by atoms with E-state index >= 15 is 0 Å². The van der Waals surface area contributed by atoms with E-state index in [0.717, 1.165) is 22.4 Å². The lowest BCUT2D eigenvalue weighted by Gasteiger charge is -2.37. The number of anilines is 2. The molecule has 0 saturated carbocycles. The van der Waals surface area contributed by atoms with Gasteiger partial charge in [-0.25, -0.2) is 9.97 Å². The number of hydrogen-bond acceptors (Lipinski definition) is 9. The molecular weight excluding hydrogens is 575 g/mol. The summed E-state index contributed by atoms with van der Waals surface area (Å²) in [5.74, 6) is -2.06. The van der Waals surface area contributed by atoms with Gasteiger partial charge in [-0.2, -0.15) is 13.2 Å². The molecule has 0 radical (unpaired) electrons. The first kappa shape index (κ1) is 31.6. The number of thiazole rings is 1. The first-order valence-corrected chi connectivity index (χ1v) is 14.2. The third kappa shape index (κ3) is 6.66. The second kappa shape index (κ2) is 12.9. The van der Waals surface area contributed by atoms with Crippen molar-refractivity contribution in [3.8, 4) is 0 Å². The molecule has 228 valence electrons. The summed E-state index contributed by atoms with van der Waals surface area (Å²) in [5.41, 5.74) is 2.52. The molecule has 1 aliphatic heterocycles. The van der Waals surface area contributed by atoms with Gasteiger partial charge in [0, 0.05) is 44.4 Å². The van der Waals surface area contributed by atoms with Gasteiger partial charge in [0.1, 0.15) is 10.3 Å². The Bertz CT molecular complexity index is 1410. The van der Waals surface area contributed by atoms with Crippen LogP contribution in [0.2, 0.25) is 0 Å². The van der Waals surface area contributed by atoms with Crippen LogP contribution in [0.25, 0.3) is 10.3 Å². The Kier molecular flexibility index (Phi) is 9.70. The summed E-state index contributed by atoms with van der Waals surface area (Å²) >= 11 is 1.45. The zero-order chi connectivity index (χ0) is 30.8. The summed E-state index contributed by atoms with van der Waals surface area (Å²) < 4.78 is 48.5. The van der Waals surface area contributed by atoms with Crippen molar-refractivity contribution in [1.29, 1.82) is 0 Å². The fourth-order valence-electron chi connectivity index (χ4n) is 5.22. The molecule has 3 aromatic rings. The van der Waals surface area contributed by atoms with E-state index in [4.69, 9.17) is 9.84 Å². The molecule has 10 nitrogen and oxygen atoms in total. The molecule has 0 aliphatic carbocycles. The number of alkyl halides is 3. The highest BCUT2D eigenvalue weighted by atomic mass is 32.1. The number of nitrogens with one attached hydrogen (secondary N) is 1. The Morgan fingerprint density at radius 1 is 1.24 bits per heavy atom. The van der Waals surface area contributed by atoms with Gasteiger partial charge in [-0.3, -0.25) is 9.59 Å². The van der Waals surface area contributed by atoms with Gasteiger partial charge in [0.25, 0.3) is 5.91 Å². The predicted octanol–water partition coefficient (Wildman–Crippen LogP) is 4.10. The molecule has 1 saturated heterocycles. The number of aliphatic hydroxyl groups is 2. The predicted molar refractivity (Wildman–Crippen MR) is 151 cm³/mol. The molecule has 1 fully saturated rings. The fraction of sp³-hybridized carbons (Fsp3) is 0.500. The number of amides is 2. The van der Waals surface area contributed by atoms with E-state index in [1.165, 1.54) is 40.5 Å². The quantitative estimate of drug-likeness (QED) is 0.331. The van der Waals surface area contributed by atoms with Crippen molar-refractivity contribution in [1.82, 2.24) is 19.8 Å². The third-order valence-electron chi connectivity index (χ3n) is 7.50. The highest BCUT2D eigenvalue weighted by Gasteiger charge is 2.46. The van der Waals surface area contributed by atoms with Crippen LogP contribution in [0.4, 0.5) is 24.5 Å². The van der Waals surface area contributed by atoms with Gasteiger partial charge < -0.3 is 30.1 Å². The molecule has 0 unspecified atom stereocenters. The minimum absolute atomic E-state index is 0.0992. The van der Waals surface area contributed by atoms with Crippen molar-refractivity contribution >= 4 is 44.9 Å². The van der Waals surface area contributed by atoms with Gasteiger partial charge in [-0.1, -0.05) is 23.5 Å². The SMILES string of the molecule is CO[C@@H](C)c1c(Nc2ccc([C@H](N(C)C(=O)C3CCN(C(=O)[C@H](O)CO)CC3)C(F)(F)F)cc2)cnc2sc(C)nc12. The van der Waals surface area contributed by atoms with E-state index in [2.05, 4.69) is 15.3 Å². The van der Waals surface area contributed by atoms with Crippen LogP contribution < -0.4 is 5.32 Å². The maximum atomic E-state index is 14.3. The lowest BCUT2D eigenvalue weighted by atomic mass is 9.93. The number of piperidine rings is 1. The Morgan fingerprint density at radius 2 is 1.88 bits per heavy atom. The highest BCUT2D eigenvalue weighted by molar-refractivity contribution is 7.18. The first-order chi connectivity index (χ1) is 19.8. The maximum absolute atomic E-state index is 14.3. The van der Waals surface area contributed by atoms with E-state index in [1.54, 1.807) is 13.3 Å². The van der Waals surface area contributed by atoms with E-state index in [1.807, 2.05) is 13.8 Å². The van der Waals surface area contributed by atoms with Gasteiger partial charge in [0.15, 0.2) is 12.1 Å². The molecule has 1 aromatic carbocycles. The zero-order valence-electron chi connectivity index (χ0n) is 23.7. The third-order valence-corrected chi connectivity index (χ3v) is 8.38. The largest absolute Gasteiger partial charge is 0.413 e. The highest BCUT2D eigenvalue weighted by Crippen LogP contribution is 2.40. The number of halogens is 3. The summed E-state index contributed by atoms with van der Waals surface area (Å²) in [7, 11) is 2.71. The van der Waals surface area contributed by atoms with Gasteiger partial charge in [-0.15, -0.1) is 0 Å². The van der Waals surface area contributed by atoms with Crippen LogP contribution in [0, 0.1) is 12.8 Å². The van der Waals surface area contributed by atoms with Crippen LogP contribution in [-0.4, -0.2) is 87.9 Å². The topological polar surface area (TPSA) is 128 Å². The molecule has 0 spiro atoms. The summed E-state index contributed by atoms with van der Waals surface area (Å²) in [5, 5.41) is 22.6. The molecule has 4 rings (SSSR count). The Labute approximate surface area is 245 Å². The molecule has 3 atom stereocenters. The minimum Gasteiger partial charge on any atom is -0.393 e. The second-order valence-electron chi connectivity index (χ2n) is 10.3. The monoisotopic (exact) mass is 609 g/mol. The normalized spacial score (nSPS) is 16.7. The molecule has 42 heavy (non-hydrogen) atoms. The van der Waals surface area contributed by atoms with E-state index in [-0.39, 0.29) is 37.6 Å². The van der Waals surface area contributed by atoms with Crippen LogP contribution in [0.15, 0.2) is 30.5 Å². The summed E-state index contributed by atoms with van der Waals surface area (Å²) in [6, 6.07) is 3.52. The number of pyridine rings is 1. The number of benzene rings is 1. The van der Waals surface area contributed by atoms with Gasteiger partial charge in [0.2, 0.25) is 5.91 Å². The van der Waals surface area contributed by atoms with Crippen molar-refractivity contribution in [2.24, 2.45) is 5.92 Å². The molecule has 14 heteroatoms. The van der Waals surface area contributed by atoms with Gasteiger partial charge in [0.05, 0.1) is 29.6 Å². The first-order valence-electron chi connectivity index (χ1n) is 13.4. The Hall–Kier alpha value is -3.33. The van der Waals surface area contributed by atoms with Crippen molar-refractivity contribution < 1.29 is 37.7 Å². The minimum atomic E-state index is -4.74. The number of methoxy groups -OCH3 is 1. The van der Waals surface area contributed by atoms with Crippen LogP contribution >= 0.6 is 11.3 Å². The smallest absolute Gasteiger partial charge is 0.393 e. The van der Waals surface area contributed by atoms with E-state index < -0.39 is 42.7 Å². The molecule has 3 heterocycles. The number of aryl methyl sites for hydroxylation is 1. The molecular formula is C28H34F3N5O5S. The number of fused-ring (bicyclic) bond motifs is 1. The van der Waals surface area contributed by atoms with Crippen molar-refractivity contribution in [3.05, 3.63) is 46.6 Å². The molecule has 1 aliphatic rings. The molecule has 2 amide bonds. The average Bonchev–Trinajstić information content (AvgIpc) is 3.35. The molecule has 2 aromatic heterocycles. The summed E-state index contributed by atoms with van der Waals surface area (Å²) in [6.45, 7) is 3.22. The van der Waals surface area contributed by atoms with Crippen LogP contribution in [-0.2, 0) is 14.3 Å². The number of aliphatic hydroxyl groups excluding tert-OH is 2. The van der Waals surface area contributed by atoms with Gasteiger partial charge in [-0.05, 0) is 44.4 Å². The summed E-state index contributed by atoms with van der Waals surface area (Å²) in [6.07, 6.45) is -4.66. The van der Waals surface area contributed by atoms with Crippen LogP contribution in [0.1, 0.15) is 48.0 Å². The average molecular weight is 610 g/mol. The number of hydrogen-bond donors (Lipinski definition) is 3. The standard InChI is InChI=1S/C28H34F3N5O5S/c1-15(41-4)22-20(13-32-25-23(22)33-16(2)42-25)34-19-7-5-17(6-8-19)24(28(29,30)31)35(3)26(39)18-9-11-36(12-10-18)27(40)21(38)14-37/h5-8,13,15,18,21,24,34,37-38H,9-12,14H2,1-4H3/t15-,21+,24-/m0/s1. The number of carbonyl (C=O) groups excluding carboxylic acids is 2. The van der Waals surface area contributed by atoms with Gasteiger partial charge >= 0.3 is 6.18 Å². The maximum Gasteiger partial charge on any atom is 0.413 e. The second-order valence-corrected chi connectivity index (χ2v) is 11.5. The lowest BCUT2D eigenvalue weighted by molar-refractivity contribution is -0.191. The number of carbonyl (C=O) groups is 2. The number of aromatic nitrogens is 2.